The number of carboxylic acid groups (broad SMARTS) is 1. The molecule has 0 aromatic rings. The van der Waals surface area contributed by atoms with Crippen molar-refractivity contribution in [1.82, 2.24) is 0 Å². The molecule has 0 rings (SSSR count). The molecule has 0 aliphatic carbocycles. The minimum absolute atomic E-state index is 0.0209. The summed E-state index contributed by atoms with van der Waals surface area (Å²) in [5.41, 5.74) is 0. The molecule has 0 saturated heterocycles. The van der Waals surface area contributed by atoms with Crippen LogP contribution in [0.4, 0.5) is 0 Å². The molecule has 2 atom stereocenters. The molecular formula is C11H19NO2. The first-order chi connectivity index (χ1) is 6.60. The molecule has 0 aliphatic rings. The van der Waals surface area contributed by atoms with E-state index in [-0.39, 0.29) is 12.3 Å². The molecule has 80 valence electrons. The number of nitriles is 1. The lowest BCUT2D eigenvalue weighted by molar-refractivity contribution is -0.137. The normalized spacial score (nSPS) is 14.4. The Kier molecular flexibility index (Phi) is 6.82. The summed E-state index contributed by atoms with van der Waals surface area (Å²) in [6, 6.07) is 2.06. The van der Waals surface area contributed by atoms with Crippen molar-refractivity contribution in [3.8, 4) is 6.07 Å². The third-order valence-electron chi connectivity index (χ3n) is 2.34. The zero-order valence-electron chi connectivity index (χ0n) is 8.99. The van der Waals surface area contributed by atoms with E-state index in [1.165, 1.54) is 0 Å². The van der Waals surface area contributed by atoms with Crippen molar-refractivity contribution in [1.29, 1.82) is 5.26 Å². The number of unbranched alkanes of at least 4 members (excludes halogenated alkanes) is 1. The van der Waals surface area contributed by atoms with Gasteiger partial charge in [0.05, 0.1) is 18.4 Å². The van der Waals surface area contributed by atoms with Gasteiger partial charge in [0.2, 0.25) is 0 Å². The zero-order chi connectivity index (χ0) is 11.0. The lowest BCUT2D eigenvalue weighted by atomic mass is 9.91. The average molecular weight is 197 g/mol. The maximum atomic E-state index is 10.4. The lowest BCUT2D eigenvalue weighted by Gasteiger charge is -2.13. The number of carbonyl (C=O) groups is 1. The van der Waals surface area contributed by atoms with E-state index in [4.69, 9.17) is 10.4 Å². The zero-order valence-corrected chi connectivity index (χ0v) is 8.99. The molecule has 0 aromatic heterocycles. The van der Waals surface area contributed by atoms with Gasteiger partial charge in [-0.1, -0.05) is 33.1 Å². The van der Waals surface area contributed by atoms with Crippen LogP contribution in [0, 0.1) is 23.2 Å². The fraction of sp³-hybridized carbons (Fsp3) is 0.818. The number of nitrogens with zero attached hydrogens (tertiary/aromatic N) is 1. The molecule has 3 nitrogen and oxygen atoms in total. The van der Waals surface area contributed by atoms with Crippen molar-refractivity contribution in [2.24, 2.45) is 11.8 Å². The van der Waals surface area contributed by atoms with E-state index < -0.39 is 5.97 Å². The van der Waals surface area contributed by atoms with Crippen molar-refractivity contribution in [2.45, 2.75) is 46.0 Å². The summed E-state index contributed by atoms with van der Waals surface area (Å²) in [5.74, 6) is -0.738. The molecule has 0 fully saturated rings. The van der Waals surface area contributed by atoms with Crippen LogP contribution < -0.4 is 0 Å². The third-order valence-corrected chi connectivity index (χ3v) is 2.34. The van der Waals surface area contributed by atoms with E-state index in [0.717, 1.165) is 19.3 Å². The summed E-state index contributed by atoms with van der Waals surface area (Å²) in [6.07, 6.45) is 4.09. The van der Waals surface area contributed by atoms with Gasteiger partial charge in [0.25, 0.3) is 0 Å². The fourth-order valence-electron chi connectivity index (χ4n) is 1.55. The smallest absolute Gasteiger partial charge is 0.304 e. The predicted molar refractivity (Wildman–Crippen MR) is 54.7 cm³/mol. The van der Waals surface area contributed by atoms with E-state index in [1.54, 1.807) is 0 Å². The molecule has 1 N–H and O–H groups in total. The first kappa shape index (κ1) is 13.0. The highest BCUT2D eigenvalue weighted by Gasteiger charge is 2.15. The maximum Gasteiger partial charge on any atom is 0.304 e. The van der Waals surface area contributed by atoms with Crippen LogP contribution in [0.3, 0.4) is 0 Å². The minimum Gasteiger partial charge on any atom is -0.481 e. The van der Waals surface area contributed by atoms with Crippen LogP contribution in [0.25, 0.3) is 0 Å². The number of rotatable bonds is 7. The fourth-order valence-corrected chi connectivity index (χ4v) is 1.55. The Labute approximate surface area is 85.7 Å². The Hall–Kier alpha value is -1.04. The molecule has 0 aromatic carbocycles. The molecule has 0 saturated carbocycles. The third kappa shape index (κ3) is 6.47. The molecule has 3 heteroatoms. The van der Waals surface area contributed by atoms with E-state index in [2.05, 4.69) is 19.9 Å². The molecular weight excluding hydrogens is 178 g/mol. The van der Waals surface area contributed by atoms with E-state index >= 15 is 0 Å². The van der Waals surface area contributed by atoms with Crippen LogP contribution in [0.15, 0.2) is 0 Å². The maximum absolute atomic E-state index is 10.4. The summed E-state index contributed by atoms with van der Waals surface area (Å²) in [7, 11) is 0. The van der Waals surface area contributed by atoms with Gasteiger partial charge in [-0.15, -0.1) is 0 Å². The van der Waals surface area contributed by atoms with Crippen LogP contribution >= 0.6 is 0 Å². The van der Waals surface area contributed by atoms with Crippen molar-refractivity contribution in [3.63, 3.8) is 0 Å². The SMILES string of the molecule is CCCCC(C)CC(C#N)CC(=O)O. The lowest BCUT2D eigenvalue weighted by Crippen LogP contribution is -2.10. The topological polar surface area (TPSA) is 61.1 Å². The van der Waals surface area contributed by atoms with Crippen molar-refractivity contribution >= 4 is 5.97 Å². The van der Waals surface area contributed by atoms with Crippen molar-refractivity contribution < 1.29 is 9.90 Å². The Morgan fingerprint density at radius 3 is 2.64 bits per heavy atom. The molecule has 0 radical (unpaired) electrons. The number of carboxylic acids is 1. The second-order valence-corrected chi connectivity index (χ2v) is 3.91. The predicted octanol–water partition coefficient (Wildman–Crippen LogP) is 2.82. The van der Waals surface area contributed by atoms with Gasteiger partial charge >= 0.3 is 5.97 Å². The molecule has 0 aliphatic heterocycles. The van der Waals surface area contributed by atoms with Gasteiger partial charge < -0.3 is 5.11 Å². The Bertz CT molecular complexity index is 208. The number of hydrogen-bond donors (Lipinski definition) is 1. The van der Waals surface area contributed by atoms with Crippen LogP contribution in [0.2, 0.25) is 0 Å². The summed E-state index contributed by atoms with van der Waals surface area (Å²) >= 11 is 0. The quantitative estimate of drug-likeness (QED) is 0.682. The average Bonchev–Trinajstić information content (AvgIpc) is 2.12. The number of aliphatic carboxylic acids is 1. The van der Waals surface area contributed by atoms with Gasteiger partial charge in [0.1, 0.15) is 0 Å². The van der Waals surface area contributed by atoms with Gasteiger partial charge in [-0.05, 0) is 12.3 Å². The van der Waals surface area contributed by atoms with Gasteiger partial charge in [-0.2, -0.15) is 5.26 Å². The summed E-state index contributed by atoms with van der Waals surface area (Å²) in [4.78, 5) is 10.4. The van der Waals surface area contributed by atoms with Crippen molar-refractivity contribution in [3.05, 3.63) is 0 Å². The van der Waals surface area contributed by atoms with Gasteiger partial charge in [-0.3, -0.25) is 4.79 Å². The van der Waals surface area contributed by atoms with Gasteiger partial charge in [0, 0.05) is 0 Å². The summed E-state index contributed by atoms with van der Waals surface area (Å²) < 4.78 is 0. The van der Waals surface area contributed by atoms with Gasteiger partial charge in [0.15, 0.2) is 0 Å². The summed E-state index contributed by atoms with van der Waals surface area (Å²) in [5, 5.41) is 17.3. The van der Waals surface area contributed by atoms with Crippen LogP contribution in [0.5, 0.6) is 0 Å². The summed E-state index contributed by atoms with van der Waals surface area (Å²) in [6.45, 7) is 4.22. The van der Waals surface area contributed by atoms with E-state index in [1.807, 2.05) is 0 Å². The monoisotopic (exact) mass is 197 g/mol. The Morgan fingerprint density at radius 2 is 2.21 bits per heavy atom. The Morgan fingerprint density at radius 1 is 1.57 bits per heavy atom. The highest BCUT2D eigenvalue weighted by atomic mass is 16.4. The Balaban J connectivity index is 3.81. The molecule has 14 heavy (non-hydrogen) atoms. The molecule has 0 amide bonds. The number of hydrogen-bond acceptors (Lipinski definition) is 2. The van der Waals surface area contributed by atoms with Crippen LogP contribution in [0.1, 0.15) is 46.0 Å². The first-order valence-corrected chi connectivity index (χ1v) is 5.21. The minimum atomic E-state index is -0.876. The molecule has 2 unspecified atom stereocenters. The largest absolute Gasteiger partial charge is 0.481 e. The standard InChI is InChI=1S/C11H19NO2/c1-3-4-5-9(2)6-10(8-12)7-11(13)14/h9-10H,3-7H2,1-2H3,(H,13,14). The second kappa shape index (κ2) is 7.37. The highest BCUT2D eigenvalue weighted by Crippen LogP contribution is 2.19. The van der Waals surface area contributed by atoms with E-state index in [0.29, 0.717) is 12.3 Å². The molecule has 0 bridgehead atoms. The van der Waals surface area contributed by atoms with E-state index in [9.17, 15) is 4.79 Å². The van der Waals surface area contributed by atoms with Crippen LogP contribution in [-0.4, -0.2) is 11.1 Å². The molecule has 0 spiro atoms. The second-order valence-electron chi connectivity index (χ2n) is 3.91. The highest BCUT2D eigenvalue weighted by molar-refractivity contribution is 5.67. The first-order valence-electron chi connectivity index (χ1n) is 5.21. The van der Waals surface area contributed by atoms with Gasteiger partial charge in [-0.25, -0.2) is 0 Å². The molecule has 0 heterocycles. The van der Waals surface area contributed by atoms with Crippen LogP contribution in [-0.2, 0) is 4.79 Å². The van der Waals surface area contributed by atoms with Crippen molar-refractivity contribution in [2.75, 3.05) is 0 Å².